The quantitative estimate of drug-likeness (QED) is 0.453. The van der Waals surface area contributed by atoms with Crippen LogP contribution < -0.4 is 0 Å². The number of carbonyl (C=O) groups is 1. The monoisotopic (exact) mass is 391 g/mol. The van der Waals surface area contributed by atoms with Crippen molar-refractivity contribution < 1.29 is 13.9 Å². The van der Waals surface area contributed by atoms with Crippen LogP contribution >= 0.6 is 11.3 Å². The Morgan fingerprint density at radius 3 is 2.61 bits per heavy atom. The van der Waals surface area contributed by atoms with Gasteiger partial charge in [-0.05, 0) is 26.0 Å². The summed E-state index contributed by atoms with van der Waals surface area (Å²) in [7, 11) is 0. The molecule has 0 N–H and O–H groups in total. The Kier molecular flexibility index (Phi) is 4.99. The molecule has 2 aromatic heterocycles. The van der Waals surface area contributed by atoms with Gasteiger partial charge < -0.3 is 9.15 Å². The van der Waals surface area contributed by atoms with Crippen LogP contribution in [0.4, 0.5) is 0 Å². The fraction of sp³-hybridized carbons (Fsp3) is 0.143. The Bertz CT molecular complexity index is 1120. The van der Waals surface area contributed by atoms with Gasteiger partial charge in [-0.25, -0.2) is 9.78 Å². The lowest BCUT2D eigenvalue weighted by Gasteiger charge is -2.00. The highest BCUT2D eigenvalue weighted by atomic mass is 32.1. The Labute approximate surface area is 165 Å². The Morgan fingerprint density at radius 2 is 1.82 bits per heavy atom. The molecule has 0 saturated carbocycles. The minimum Gasteiger partial charge on any atom is -0.451 e. The molecule has 28 heavy (non-hydrogen) atoms. The molecule has 140 valence electrons. The molecule has 0 fully saturated rings. The van der Waals surface area contributed by atoms with Crippen LogP contribution in [0.5, 0.6) is 0 Å². The highest BCUT2D eigenvalue weighted by Gasteiger charge is 2.19. The summed E-state index contributed by atoms with van der Waals surface area (Å²) < 4.78 is 11.0. The first-order valence-corrected chi connectivity index (χ1v) is 9.51. The summed E-state index contributed by atoms with van der Waals surface area (Å²) >= 11 is 1.31. The van der Waals surface area contributed by atoms with Crippen LogP contribution in [0.1, 0.15) is 26.8 Å². The maximum Gasteiger partial charge on any atom is 0.350 e. The number of hydrogen-bond acceptors (Lipinski definition) is 7. The van der Waals surface area contributed by atoms with Crippen molar-refractivity contribution >= 4 is 17.3 Å². The van der Waals surface area contributed by atoms with E-state index in [4.69, 9.17) is 9.15 Å². The number of thiazole rings is 1. The summed E-state index contributed by atoms with van der Waals surface area (Å²) in [6.07, 6.45) is 0. The molecule has 2 heterocycles. The van der Waals surface area contributed by atoms with E-state index >= 15 is 0 Å². The Hall–Kier alpha value is -3.32. The zero-order valence-electron chi connectivity index (χ0n) is 15.4. The van der Waals surface area contributed by atoms with Crippen LogP contribution in [0.2, 0.25) is 0 Å². The van der Waals surface area contributed by atoms with Gasteiger partial charge in [-0.2, -0.15) is 0 Å². The van der Waals surface area contributed by atoms with Crippen LogP contribution in [0, 0.1) is 13.8 Å². The van der Waals surface area contributed by atoms with Crippen LogP contribution in [-0.2, 0) is 11.3 Å². The number of esters is 1. The molecule has 0 radical (unpaired) electrons. The first-order chi connectivity index (χ1) is 13.6. The number of rotatable bonds is 5. The van der Waals surface area contributed by atoms with Gasteiger partial charge in [-0.3, -0.25) is 0 Å². The molecule has 2 aromatic carbocycles. The molecular formula is C21H17N3O3S. The van der Waals surface area contributed by atoms with Crippen molar-refractivity contribution in [2.75, 3.05) is 0 Å². The van der Waals surface area contributed by atoms with Crippen molar-refractivity contribution in [1.29, 1.82) is 0 Å². The van der Waals surface area contributed by atoms with Gasteiger partial charge in [0.25, 0.3) is 5.89 Å². The lowest BCUT2D eigenvalue weighted by molar-refractivity contribution is 0.0443. The third-order valence-corrected chi connectivity index (χ3v) is 5.25. The average Bonchev–Trinajstić information content (AvgIpc) is 3.34. The van der Waals surface area contributed by atoms with Crippen molar-refractivity contribution in [3.05, 3.63) is 76.6 Å². The van der Waals surface area contributed by atoms with Crippen LogP contribution in [0.25, 0.3) is 22.0 Å². The lowest BCUT2D eigenvalue weighted by Crippen LogP contribution is -2.05. The average molecular weight is 391 g/mol. The van der Waals surface area contributed by atoms with Crippen LogP contribution in [-0.4, -0.2) is 21.2 Å². The molecule has 0 aliphatic heterocycles. The van der Waals surface area contributed by atoms with Crippen molar-refractivity contribution in [3.63, 3.8) is 0 Å². The summed E-state index contributed by atoms with van der Waals surface area (Å²) in [5, 5.41) is 8.76. The van der Waals surface area contributed by atoms with Gasteiger partial charge >= 0.3 is 5.97 Å². The highest BCUT2D eigenvalue weighted by molar-refractivity contribution is 7.17. The molecule has 6 nitrogen and oxygen atoms in total. The number of benzene rings is 2. The molecule has 0 aliphatic rings. The van der Waals surface area contributed by atoms with Gasteiger partial charge in [0.15, 0.2) is 6.61 Å². The van der Waals surface area contributed by atoms with Crippen LogP contribution in [0.15, 0.2) is 59.0 Å². The van der Waals surface area contributed by atoms with Crippen molar-refractivity contribution in [1.82, 2.24) is 15.2 Å². The molecule has 4 rings (SSSR count). The van der Waals surface area contributed by atoms with E-state index in [9.17, 15) is 4.79 Å². The van der Waals surface area contributed by atoms with E-state index in [1.165, 1.54) is 11.3 Å². The molecule has 4 aromatic rings. The second-order valence-electron chi connectivity index (χ2n) is 6.25. The van der Waals surface area contributed by atoms with Crippen molar-refractivity contribution in [2.24, 2.45) is 0 Å². The van der Waals surface area contributed by atoms with Gasteiger partial charge in [0.1, 0.15) is 9.88 Å². The van der Waals surface area contributed by atoms with E-state index in [0.29, 0.717) is 16.5 Å². The summed E-state index contributed by atoms with van der Waals surface area (Å²) in [6, 6.07) is 17.5. The summed E-state index contributed by atoms with van der Waals surface area (Å²) in [5.41, 5.74) is 3.53. The molecule has 7 heteroatoms. The van der Waals surface area contributed by atoms with Gasteiger partial charge in [0.05, 0.1) is 5.69 Å². The molecule has 0 saturated heterocycles. The first kappa shape index (κ1) is 18.1. The summed E-state index contributed by atoms with van der Waals surface area (Å²) in [5.74, 6) is 0.192. The lowest BCUT2D eigenvalue weighted by atomic mass is 10.1. The van der Waals surface area contributed by atoms with E-state index in [0.717, 1.165) is 21.7 Å². The summed E-state index contributed by atoms with van der Waals surface area (Å²) in [4.78, 5) is 17.4. The highest BCUT2D eigenvalue weighted by Crippen LogP contribution is 2.28. The number of ether oxygens (including phenoxy) is 1. The maximum atomic E-state index is 12.5. The number of carbonyl (C=O) groups excluding carboxylic acids is 1. The molecular weight excluding hydrogens is 374 g/mol. The minimum absolute atomic E-state index is 0.0876. The standard InChI is InChI=1S/C21H17N3O3S/c1-13-7-6-10-16(11-13)19-24-23-17(27-19)12-26-21(25)18-14(2)22-20(28-18)15-8-4-3-5-9-15/h3-11H,12H2,1-2H3. The van der Waals surface area contributed by atoms with Gasteiger partial charge in [0, 0.05) is 11.1 Å². The molecule has 0 bridgehead atoms. The Balaban J connectivity index is 1.45. The SMILES string of the molecule is Cc1cccc(-c2nnc(COC(=O)c3sc(-c4ccccc4)nc3C)o2)c1. The molecule has 0 amide bonds. The molecule has 0 spiro atoms. The summed E-state index contributed by atoms with van der Waals surface area (Å²) in [6.45, 7) is 3.70. The second kappa shape index (κ2) is 7.74. The third kappa shape index (κ3) is 3.84. The van der Waals surface area contributed by atoms with Crippen LogP contribution in [0.3, 0.4) is 0 Å². The van der Waals surface area contributed by atoms with E-state index in [1.54, 1.807) is 6.92 Å². The van der Waals surface area contributed by atoms with Crippen molar-refractivity contribution in [2.45, 2.75) is 20.5 Å². The normalized spacial score (nSPS) is 10.8. The smallest absolute Gasteiger partial charge is 0.350 e. The number of hydrogen-bond donors (Lipinski definition) is 0. The van der Waals surface area contributed by atoms with Gasteiger partial charge in [-0.1, -0.05) is 48.0 Å². The topological polar surface area (TPSA) is 78.1 Å². The molecule has 0 aliphatic carbocycles. The molecule has 0 unspecified atom stereocenters. The van der Waals surface area contributed by atoms with Crippen molar-refractivity contribution in [3.8, 4) is 22.0 Å². The van der Waals surface area contributed by atoms with Gasteiger partial charge in [0.2, 0.25) is 5.89 Å². The molecule has 0 atom stereocenters. The fourth-order valence-electron chi connectivity index (χ4n) is 2.69. The van der Waals surface area contributed by atoms with E-state index in [-0.39, 0.29) is 12.5 Å². The maximum absolute atomic E-state index is 12.5. The van der Waals surface area contributed by atoms with E-state index < -0.39 is 5.97 Å². The zero-order chi connectivity index (χ0) is 19.5. The number of aryl methyl sites for hydroxylation is 2. The van der Waals surface area contributed by atoms with Gasteiger partial charge in [-0.15, -0.1) is 21.5 Å². The third-order valence-electron chi connectivity index (χ3n) is 4.06. The minimum atomic E-state index is -0.451. The number of aromatic nitrogens is 3. The first-order valence-electron chi connectivity index (χ1n) is 8.69. The fourth-order valence-corrected chi connectivity index (χ4v) is 3.65. The van der Waals surface area contributed by atoms with E-state index in [2.05, 4.69) is 15.2 Å². The predicted octanol–water partition coefficient (Wildman–Crippen LogP) is 4.83. The number of nitrogens with zero attached hydrogens (tertiary/aromatic N) is 3. The zero-order valence-corrected chi connectivity index (χ0v) is 16.2. The van der Waals surface area contributed by atoms with E-state index in [1.807, 2.05) is 61.5 Å². The largest absolute Gasteiger partial charge is 0.451 e. The predicted molar refractivity (Wildman–Crippen MR) is 106 cm³/mol. The Morgan fingerprint density at radius 1 is 1.04 bits per heavy atom. The second-order valence-corrected chi connectivity index (χ2v) is 7.25.